The maximum absolute atomic E-state index is 12.4. The number of nitrogens with zero attached hydrogens (tertiary/aromatic N) is 1. The highest BCUT2D eigenvalue weighted by molar-refractivity contribution is 8.18. The zero-order chi connectivity index (χ0) is 18.8. The first-order valence-electron chi connectivity index (χ1n) is 8.02. The van der Waals surface area contributed by atoms with E-state index in [4.69, 9.17) is 4.42 Å². The Balaban J connectivity index is 1.68. The normalized spacial score (nSPS) is 15.8. The fourth-order valence-electron chi connectivity index (χ4n) is 2.46. The molecule has 134 valence electrons. The number of aryl methyl sites for hydroxylation is 3. The molecule has 0 radical (unpaired) electrons. The second kappa shape index (κ2) is 7.21. The molecular weight excluding hydrogens is 352 g/mol. The lowest BCUT2D eigenvalue weighted by atomic mass is 10.1. The van der Waals surface area contributed by atoms with Gasteiger partial charge in [-0.05, 0) is 67.9 Å². The predicted octanol–water partition coefficient (Wildman–Crippen LogP) is 3.88. The zero-order valence-electron chi connectivity index (χ0n) is 14.7. The summed E-state index contributed by atoms with van der Waals surface area (Å²) >= 11 is 0.797. The number of furan rings is 1. The molecule has 0 saturated carbocycles. The number of benzene rings is 1. The molecule has 0 bridgehead atoms. The van der Waals surface area contributed by atoms with Crippen LogP contribution in [-0.2, 0) is 9.59 Å². The zero-order valence-corrected chi connectivity index (χ0v) is 15.5. The van der Waals surface area contributed by atoms with E-state index in [0.717, 1.165) is 27.8 Å². The summed E-state index contributed by atoms with van der Waals surface area (Å²) in [5, 5.41) is 2.24. The van der Waals surface area contributed by atoms with Crippen LogP contribution in [0.5, 0.6) is 0 Å². The molecule has 0 unspecified atom stereocenters. The third-order valence-electron chi connectivity index (χ3n) is 4.00. The van der Waals surface area contributed by atoms with Gasteiger partial charge < -0.3 is 9.73 Å². The van der Waals surface area contributed by atoms with Gasteiger partial charge in [0.25, 0.3) is 11.1 Å². The SMILES string of the molecule is Cc1ccc(/C=C2/SC(=O)N(CC(=O)Nc3ccc(C)c(C)c3)C2=O)o1. The monoisotopic (exact) mass is 370 g/mol. The van der Waals surface area contributed by atoms with Crippen molar-refractivity contribution in [2.45, 2.75) is 20.8 Å². The number of thioether (sulfide) groups is 1. The molecule has 1 saturated heterocycles. The van der Waals surface area contributed by atoms with E-state index >= 15 is 0 Å². The number of imide groups is 1. The van der Waals surface area contributed by atoms with Crippen molar-refractivity contribution in [1.82, 2.24) is 4.90 Å². The lowest BCUT2D eigenvalue weighted by Crippen LogP contribution is -2.36. The summed E-state index contributed by atoms with van der Waals surface area (Å²) in [5.74, 6) is 0.283. The van der Waals surface area contributed by atoms with E-state index in [0.29, 0.717) is 17.2 Å². The molecule has 3 rings (SSSR count). The topological polar surface area (TPSA) is 79.6 Å². The Morgan fingerprint density at radius 1 is 1.15 bits per heavy atom. The highest BCUT2D eigenvalue weighted by atomic mass is 32.2. The second-order valence-electron chi connectivity index (χ2n) is 6.06. The number of amides is 3. The molecule has 1 aliphatic rings. The highest BCUT2D eigenvalue weighted by Crippen LogP contribution is 2.32. The summed E-state index contributed by atoms with van der Waals surface area (Å²) < 4.78 is 5.39. The van der Waals surface area contributed by atoms with Gasteiger partial charge in [0, 0.05) is 11.8 Å². The number of anilines is 1. The van der Waals surface area contributed by atoms with Crippen LogP contribution in [-0.4, -0.2) is 28.5 Å². The molecule has 0 atom stereocenters. The number of hydrogen-bond donors (Lipinski definition) is 1. The quantitative estimate of drug-likeness (QED) is 0.826. The van der Waals surface area contributed by atoms with Gasteiger partial charge in [-0.25, -0.2) is 0 Å². The smallest absolute Gasteiger partial charge is 0.294 e. The van der Waals surface area contributed by atoms with E-state index in [2.05, 4.69) is 5.32 Å². The largest absolute Gasteiger partial charge is 0.462 e. The van der Waals surface area contributed by atoms with Crippen molar-refractivity contribution in [3.05, 3.63) is 57.9 Å². The van der Waals surface area contributed by atoms with Gasteiger partial charge in [-0.3, -0.25) is 19.3 Å². The lowest BCUT2D eigenvalue weighted by molar-refractivity contribution is -0.127. The van der Waals surface area contributed by atoms with Crippen LogP contribution in [0.4, 0.5) is 10.5 Å². The molecule has 1 aromatic heterocycles. The molecular formula is C19H18N2O4S. The average molecular weight is 370 g/mol. The van der Waals surface area contributed by atoms with E-state index < -0.39 is 17.1 Å². The van der Waals surface area contributed by atoms with Crippen molar-refractivity contribution in [2.24, 2.45) is 0 Å². The van der Waals surface area contributed by atoms with Crippen LogP contribution in [0.1, 0.15) is 22.6 Å². The Bertz CT molecular complexity index is 929. The van der Waals surface area contributed by atoms with Crippen molar-refractivity contribution in [2.75, 3.05) is 11.9 Å². The van der Waals surface area contributed by atoms with Crippen molar-refractivity contribution in [3.63, 3.8) is 0 Å². The number of rotatable bonds is 4. The van der Waals surface area contributed by atoms with Gasteiger partial charge in [0.1, 0.15) is 18.1 Å². The summed E-state index contributed by atoms with van der Waals surface area (Å²) in [7, 11) is 0. The Hall–Kier alpha value is -2.80. The van der Waals surface area contributed by atoms with Gasteiger partial charge in [0.05, 0.1) is 4.91 Å². The maximum atomic E-state index is 12.4. The summed E-state index contributed by atoms with van der Waals surface area (Å²) in [5.41, 5.74) is 2.80. The first kappa shape index (κ1) is 18.0. The molecule has 7 heteroatoms. The number of carbonyl (C=O) groups excluding carboxylic acids is 3. The van der Waals surface area contributed by atoms with Gasteiger partial charge >= 0.3 is 0 Å². The van der Waals surface area contributed by atoms with E-state index in [1.807, 2.05) is 26.0 Å². The summed E-state index contributed by atoms with van der Waals surface area (Å²) in [4.78, 5) is 37.9. The van der Waals surface area contributed by atoms with E-state index in [1.165, 1.54) is 6.08 Å². The van der Waals surface area contributed by atoms with Gasteiger partial charge in [0.15, 0.2) is 0 Å². The second-order valence-corrected chi connectivity index (χ2v) is 7.06. The number of hydrogen-bond acceptors (Lipinski definition) is 5. The lowest BCUT2D eigenvalue weighted by Gasteiger charge is -2.13. The van der Waals surface area contributed by atoms with Crippen molar-refractivity contribution in [1.29, 1.82) is 0 Å². The van der Waals surface area contributed by atoms with Crippen molar-refractivity contribution >= 4 is 40.6 Å². The fraction of sp³-hybridized carbons (Fsp3) is 0.211. The van der Waals surface area contributed by atoms with Gasteiger partial charge in [-0.2, -0.15) is 0 Å². The standard InChI is InChI=1S/C19H18N2O4S/c1-11-4-6-14(8-12(11)2)20-17(22)10-21-18(23)16(26-19(21)24)9-15-7-5-13(3)25-15/h4-9H,10H2,1-3H3,(H,20,22)/b16-9+. The first-order chi connectivity index (χ1) is 12.3. The Morgan fingerprint density at radius 3 is 2.58 bits per heavy atom. The van der Waals surface area contributed by atoms with Crippen LogP contribution in [0.2, 0.25) is 0 Å². The number of carbonyl (C=O) groups is 3. The van der Waals surface area contributed by atoms with Crippen molar-refractivity contribution in [3.8, 4) is 0 Å². The third-order valence-corrected chi connectivity index (χ3v) is 4.91. The van der Waals surface area contributed by atoms with Crippen LogP contribution in [0.25, 0.3) is 6.08 Å². The molecule has 2 heterocycles. The Labute approximate surface area is 155 Å². The van der Waals surface area contributed by atoms with Crippen LogP contribution in [0, 0.1) is 20.8 Å². The summed E-state index contributed by atoms with van der Waals surface area (Å²) in [6, 6.07) is 9.02. The van der Waals surface area contributed by atoms with E-state index in [-0.39, 0.29) is 11.4 Å². The molecule has 1 N–H and O–H groups in total. The number of nitrogens with one attached hydrogen (secondary N) is 1. The molecule has 1 fully saturated rings. The van der Waals surface area contributed by atoms with E-state index in [1.54, 1.807) is 25.1 Å². The van der Waals surface area contributed by atoms with Gasteiger partial charge in [-0.15, -0.1) is 0 Å². The van der Waals surface area contributed by atoms with Crippen LogP contribution in [0.15, 0.2) is 39.7 Å². The predicted molar refractivity (Wildman–Crippen MR) is 101 cm³/mol. The highest BCUT2D eigenvalue weighted by Gasteiger charge is 2.36. The van der Waals surface area contributed by atoms with Crippen LogP contribution >= 0.6 is 11.8 Å². The van der Waals surface area contributed by atoms with Crippen molar-refractivity contribution < 1.29 is 18.8 Å². The summed E-state index contributed by atoms with van der Waals surface area (Å²) in [6.07, 6.45) is 1.51. The fourth-order valence-corrected chi connectivity index (χ4v) is 3.28. The molecule has 6 nitrogen and oxygen atoms in total. The first-order valence-corrected chi connectivity index (χ1v) is 8.84. The minimum absolute atomic E-state index is 0.239. The minimum Gasteiger partial charge on any atom is -0.462 e. The van der Waals surface area contributed by atoms with Crippen LogP contribution in [0.3, 0.4) is 0 Å². The van der Waals surface area contributed by atoms with E-state index in [9.17, 15) is 14.4 Å². The molecule has 0 aliphatic carbocycles. The maximum Gasteiger partial charge on any atom is 0.294 e. The molecule has 26 heavy (non-hydrogen) atoms. The molecule has 2 aromatic rings. The molecule has 1 aromatic carbocycles. The van der Waals surface area contributed by atoms with Crippen LogP contribution < -0.4 is 5.32 Å². The third kappa shape index (κ3) is 3.88. The average Bonchev–Trinajstić information content (AvgIpc) is 3.09. The summed E-state index contributed by atoms with van der Waals surface area (Å²) in [6.45, 7) is 5.39. The molecule has 0 spiro atoms. The minimum atomic E-state index is -0.496. The Kier molecular flexibility index (Phi) is 4.99. The molecule has 1 aliphatic heterocycles. The Morgan fingerprint density at radius 2 is 1.92 bits per heavy atom. The van der Waals surface area contributed by atoms with Gasteiger partial charge in [-0.1, -0.05) is 6.07 Å². The molecule has 3 amide bonds. The van der Waals surface area contributed by atoms with Gasteiger partial charge in [0.2, 0.25) is 5.91 Å².